The van der Waals surface area contributed by atoms with E-state index in [2.05, 4.69) is 6.92 Å². The van der Waals surface area contributed by atoms with Gasteiger partial charge in [-0.15, -0.1) is 0 Å². The topological polar surface area (TPSA) is 26.3 Å². The fraction of sp³-hybridized carbons (Fsp3) is 0.536. The Morgan fingerprint density at radius 2 is 1.29 bits per heavy atom. The molecule has 2 fully saturated rings. The summed E-state index contributed by atoms with van der Waals surface area (Å²) in [4.78, 5) is 12.5. The molecule has 34 heavy (non-hydrogen) atoms. The average molecular weight is 477 g/mol. The van der Waals surface area contributed by atoms with E-state index in [0.29, 0.717) is 49.1 Å². The van der Waals surface area contributed by atoms with E-state index in [1.54, 1.807) is 19.1 Å². The largest absolute Gasteiger partial charge is 0.423 e. The lowest BCUT2D eigenvalue weighted by Crippen LogP contribution is -2.26. The van der Waals surface area contributed by atoms with Crippen LogP contribution in [0.15, 0.2) is 24.3 Å². The van der Waals surface area contributed by atoms with E-state index < -0.39 is 40.9 Å². The molecule has 0 bridgehead atoms. The number of benzene rings is 2. The highest BCUT2D eigenvalue weighted by Gasteiger charge is 2.32. The number of hydrogen-bond acceptors (Lipinski definition) is 2. The molecule has 0 heterocycles. The minimum atomic E-state index is -1.16. The molecule has 6 heteroatoms. The second-order valence-electron chi connectivity index (χ2n) is 10.0. The zero-order chi connectivity index (χ0) is 24.4. The van der Waals surface area contributed by atoms with Gasteiger partial charge in [-0.25, -0.2) is 13.2 Å². The van der Waals surface area contributed by atoms with Gasteiger partial charge in [0.15, 0.2) is 23.2 Å². The zero-order valence-corrected chi connectivity index (χ0v) is 19.8. The second-order valence-corrected chi connectivity index (χ2v) is 10.0. The van der Waals surface area contributed by atoms with Crippen LogP contribution in [-0.4, -0.2) is 5.97 Å². The molecule has 0 spiro atoms. The molecular formula is C28H32F4O2. The Morgan fingerprint density at radius 3 is 1.82 bits per heavy atom. The van der Waals surface area contributed by atoms with Gasteiger partial charge in [-0.05, 0) is 85.5 Å². The molecule has 0 N–H and O–H groups in total. The molecule has 2 aromatic carbocycles. The van der Waals surface area contributed by atoms with Crippen LogP contribution in [0.4, 0.5) is 17.6 Å². The standard InChI is InChI=1S/C28H32F4O2/c1-3-17-12-15-23(27(32)24(17)29)34-28(33)20-10-8-19(9-11-20)22-14-13-21(25(30)26(22)31)18-6-4-16(2)5-7-18/h12-16,18-20H,3-11H2,1-2H3. The summed E-state index contributed by atoms with van der Waals surface area (Å²) in [6, 6.07) is 6.13. The number of esters is 1. The number of rotatable bonds is 5. The third-order valence-corrected chi connectivity index (χ3v) is 7.82. The van der Waals surface area contributed by atoms with Gasteiger partial charge >= 0.3 is 5.97 Å². The summed E-state index contributed by atoms with van der Waals surface area (Å²) >= 11 is 0. The average Bonchev–Trinajstić information content (AvgIpc) is 2.84. The maximum atomic E-state index is 15.0. The smallest absolute Gasteiger partial charge is 0.314 e. The van der Waals surface area contributed by atoms with Crippen LogP contribution in [0, 0.1) is 35.1 Å². The van der Waals surface area contributed by atoms with Gasteiger partial charge in [-0.2, -0.15) is 4.39 Å². The van der Waals surface area contributed by atoms with Crippen LogP contribution in [0.3, 0.4) is 0 Å². The van der Waals surface area contributed by atoms with Crippen LogP contribution < -0.4 is 4.74 Å². The molecule has 2 saturated carbocycles. The van der Waals surface area contributed by atoms with Crippen molar-refractivity contribution in [3.05, 3.63) is 64.2 Å². The number of ether oxygens (including phenoxy) is 1. The Hall–Kier alpha value is -2.37. The van der Waals surface area contributed by atoms with Gasteiger partial charge in [0.25, 0.3) is 0 Å². The van der Waals surface area contributed by atoms with Gasteiger partial charge in [-0.1, -0.05) is 44.9 Å². The van der Waals surface area contributed by atoms with Crippen LogP contribution in [0.25, 0.3) is 0 Å². The van der Waals surface area contributed by atoms with Gasteiger partial charge in [0.05, 0.1) is 5.92 Å². The zero-order valence-electron chi connectivity index (χ0n) is 19.8. The summed E-state index contributed by atoms with van der Waals surface area (Å²) in [7, 11) is 0. The van der Waals surface area contributed by atoms with Gasteiger partial charge in [0.2, 0.25) is 5.82 Å². The second kappa shape index (κ2) is 10.5. The fourth-order valence-electron chi connectivity index (χ4n) is 5.54. The molecule has 2 aliphatic rings. The molecule has 2 nitrogen and oxygen atoms in total. The Morgan fingerprint density at radius 1 is 0.765 bits per heavy atom. The predicted octanol–water partition coefficient (Wildman–Crippen LogP) is 7.98. The molecular weight excluding hydrogens is 444 g/mol. The van der Waals surface area contributed by atoms with Gasteiger partial charge in [0, 0.05) is 0 Å². The van der Waals surface area contributed by atoms with Crippen molar-refractivity contribution in [3.63, 3.8) is 0 Å². The normalized spacial score (nSPS) is 25.2. The van der Waals surface area contributed by atoms with E-state index in [1.165, 1.54) is 12.1 Å². The van der Waals surface area contributed by atoms with Crippen molar-refractivity contribution in [3.8, 4) is 5.75 Å². The molecule has 2 aliphatic carbocycles. The highest BCUT2D eigenvalue weighted by molar-refractivity contribution is 5.75. The maximum absolute atomic E-state index is 15.0. The predicted molar refractivity (Wildman–Crippen MR) is 123 cm³/mol. The molecule has 0 atom stereocenters. The molecule has 184 valence electrons. The molecule has 0 amide bonds. The van der Waals surface area contributed by atoms with Crippen molar-refractivity contribution in [1.82, 2.24) is 0 Å². The Labute approximate surface area is 198 Å². The summed E-state index contributed by atoms with van der Waals surface area (Å²) in [5.74, 6) is -4.65. The Kier molecular flexibility index (Phi) is 7.63. The number of halogens is 4. The van der Waals surface area contributed by atoms with Crippen LogP contribution in [0.2, 0.25) is 0 Å². The van der Waals surface area contributed by atoms with E-state index in [4.69, 9.17) is 4.74 Å². The number of hydrogen-bond donors (Lipinski definition) is 0. The van der Waals surface area contributed by atoms with Crippen LogP contribution in [0.5, 0.6) is 5.75 Å². The van der Waals surface area contributed by atoms with E-state index in [1.807, 2.05) is 0 Å². The van der Waals surface area contributed by atoms with Gasteiger partial charge in [0.1, 0.15) is 0 Å². The summed E-state index contributed by atoms with van der Waals surface area (Å²) < 4.78 is 63.3. The lowest BCUT2D eigenvalue weighted by molar-refractivity contribution is -0.140. The van der Waals surface area contributed by atoms with Crippen molar-refractivity contribution < 1.29 is 27.1 Å². The molecule has 0 radical (unpaired) electrons. The maximum Gasteiger partial charge on any atom is 0.314 e. The van der Waals surface area contributed by atoms with Crippen LogP contribution >= 0.6 is 0 Å². The monoisotopic (exact) mass is 476 g/mol. The third-order valence-electron chi connectivity index (χ3n) is 7.82. The Bertz CT molecular complexity index is 1040. The molecule has 2 aromatic rings. The fourth-order valence-corrected chi connectivity index (χ4v) is 5.54. The van der Waals surface area contributed by atoms with E-state index in [-0.39, 0.29) is 17.4 Å². The number of carbonyl (C=O) groups excluding carboxylic acids is 1. The molecule has 0 aliphatic heterocycles. The van der Waals surface area contributed by atoms with Crippen molar-refractivity contribution in [1.29, 1.82) is 0 Å². The lowest BCUT2D eigenvalue weighted by Gasteiger charge is -2.29. The van der Waals surface area contributed by atoms with Crippen molar-refractivity contribution >= 4 is 5.97 Å². The summed E-state index contributed by atoms with van der Waals surface area (Å²) in [5, 5.41) is 0. The van der Waals surface area contributed by atoms with Crippen LogP contribution in [0.1, 0.15) is 93.7 Å². The first kappa shape index (κ1) is 24.7. The summed E-state index contributed by atoms with van der Waals surface area (Å²) in [6.45, 7) is 3.90. The first-order chi connectivity index (χ1) is 16.3. The molecule has 0 saturated heterocycles. The Balaban J connectivity index is 1.38. The van der Waals surface area contributed by atoms with Crippen molar-refractivity contribution in [2.45, 2.75) is 83.5 Å². The SMILES string of the molecule is CCc1ccc(OC(=O)C2CCC(c3ccc(C4CCC(C)CC4)c(F)c3F)CC2)c(F)c1F. The van der Waals surface area contributed by atoms with Gasteiger partial charge < -0.3 is 4.74 Å². The first-order valence-corrected chi connectivity index (χ1v) is 12.5. The first-order valence-electron chi connectivity index (χ1n) is 12.5. The van der Waals surface area contributed by atoms with E-state index in [0.717, 1.165) is 25.7 Å². The quantitative estimate of drug-likeness (QED) is 0.248. The molecule has 0 aromatic heterocycles. The highest BCUT2D eigenvalue weighted by atomic mass is 19.2. The number of carbonyl (C=O) groups is 1. The van der Waals surface area contributed by atoms with Crippen molar-refractivity contribution in [2.24, 2.45) is 11.8 Å². The van der Waals surface area contributed by atoms with E-state index >= 15 is 4.39 Å². The van der Waals surface area contributed by atoms with E-state index in [9.17, 15) is 18.0 Å². The van der Waals surface area contributed by atoms with Gasteiger partial charge in [-0.3, -0.25) is 4.79 Å². The lowest BCUT2D eigenvalue weighted by atomic mass is 9.76. The minimum absolute atomic E-state index is 0.0712. The molecule has 4 rings (SSSR count). The summed E-state index contributed by atoms with van der Waals surface area (Å²) in [5.41, 5.74) is 1.06. The third kappa shape index (κ3) is 5.01. The molecule has 0 unspecified atom stereocenters. The summed E-state index contributed by atoms with van der Waals surface area (Å²) in [6.07, 6.45) is 6.02. The minimum Gasteiger partial charge on any atom is -0.423 e. The van der Waals surface area contributed by atoms with Crippen LogP contribution in [-0.2, 0) is 11.2 Å². The highest BCUT2D eigenvalue weighted by Crippen LogP contribution is 2.41. The van der Waals surface area contributed by atoms with Crippen molar-refractivity contribution in [2.75, 3.05) is 0 Å². The number of aryl methyl sites for hydroxylation is 1.